The number of pyridine rings is 1. The number of ether oxygens (including phenoxy) is 1. The Morgan fingerprint density at radius 1 is 1.38 bits per heavy atom. The van der Waals surface area contributed by atoms with E-state index >= 15 is 0 Å². The van der Waals surface area contributed by atoms with Gasteiger partial charge in [0.15, 0.2) is 6.61 Å². The molecule has 6 heteroatoms. The van der Waals surface area contributed by atoms with Crippen molar-refractivity contribution in [2.24, 2.45) is 0 Å². The average molecular weight is 287 g/mol. The molecule has 1 atom stereocenters. The number of rotatable bonds is 3. The van der Waals surface area contributed by atoms with Gasteiger partial charge in [-0.1, -0.05) is 0 Å². The van der Waals surface area contributed by atoms with E-state index in [1.807, 2.05) is 13.0 Å². The SMILES string of the molecule is CC(Nc1ccc2c(c1)NC(=O)CO2)c1cncc(F)c1. The first-order chi connectivity index (χ1) is 10.1. The van der Waals surface area contributed by atoms with Gasteiger partial charge in [0.1, 0.15) is 11.6 Å². The molecule has 1 unspecified atom stereocenters. The number of carbonyl (C=O) groups is 1. The monoisotopic (exact) mass is 287 g/mol. The summed E-state index contributed by atoms with van der Waals surface area (Å²) in [5.41, 5.74) is 2.17. The van der Waals surface area contributed by atoms with E-state index in [-0.39, 0.29) is 24.4 Å². The third-order valence-corrected chi connectivity index (χ3v) is 3.22. The second kappa shape index (κ2) is 5.40. The summed E-state index contributed by atoms with van der Waals surface area (Å²) in [6, 6.07) is 6.74. The van der Waals surface area contributed by atoms with Crippen LogP contribution in [0.2, 0.25) is 0 Å². The minimum atomic E-state index is -0.368. The van der Waals surface area contributed by atoms with E-state index in [1.165, 1.54) is 12.3 Å². The fraction of sp³-hybridized carbons (Fsp3) is 0.200. The first kappa shape index (κ1) is 13.4. The van der Waals surface area contributed by atoms with Gasteiger partial charge in [-0.3, -0.25) is 9.78 Å². The van der Waals surface area contributed by atoms with E-state index in [2.05, 4.69) is 15.6 Å². The molecular weight excluding hydrogens is 273 g/mol. The maximum absolute atomic E-state index is 13.2. The van der Waals surface area contributed by atoms with Crippen molar-refractivity contribution in [1.29, 1.82) is 0 Å². The molecule has 2 aromatic rings. The summed E-state index contributed by atoms with van der Waals surface area (Å²) in [7, 11) is 0. The number of hydrogen-bond acceptors (Lipinski definition) is 4. The summed E-state index contributed by atoms with van der Waals surface area (Å²) >= 11 is 0. The highest BCUT2D eigenvalue weighted by molar-refractivity contribution is 5.96. The van der Waals surface area contributed by atoms with Crippen LogP contribution in [0, 0.1) is 5.82 Å². The predicted molar refractivity (Wildman–Crippen MR) is 76.8 cm³/mol. The van der Waals surface area contributed by atoms with Gasteiger partial charge in [0, 0.05) is 11.9 Å². The zero-order valence-corrected chi connectivity index (χ0v) is 11.4. The maximum atomic E-state index is 13.2. The molecular formula is C15H14FN3O2. The summed E-state index contributed by atoms with van der Waals surface area (Å²) in [6.07, 6.45) is 2.78. The van der Waals surface area contributed by atoms with Crippen molar-refractivity contribution in [3.05, 3.63) is 48.0 Å². The Morgan fingerprint density at radius 3 is 3.05 bits per heavy atom. The van der Waals surface area contributed by atoms with Crippen LogP contribution in [0.4, 0.5) is 15.8 Å². The third-order valence-electron chi connectivity index (χ3n) is 3.22. The molecule has 1 aromatic heterocycles. The molecule has 0 saturated carbocycles. The lowest BCUT2D eigenvalue weighted by Gasteiger charge is -2.20. The molecule has 0 aliphatic carbocycles. The van der Waals surface area contributed by atoms with Crippen LogP contribution in [0.25, 0.3) is 0 Å². The molecule has 1 aromatic carbocycles. The number of fused-ring (bicyclic) bond motifs is 1. The van der Waals surface area contributed by atoms with Crippen LogP contribution in [0.5, 0.6) is 5.75 Å². The van der Waals surface area contributed by atoms with Gasteiger partial charge in [-0.25, -0.2) is 4.39 Å². The molecule has 0 fully saturated rings. The van der Waals surface area contributed by atoms with E-state index in [1.54, 1.807) is 18.3 Å². The van der Waals surface area contributed by atoms with Crippen molar-refractivity contribution < 1.29 is 13.9 Å². The number of carbonyl (C=O) groups excluding carboxylic acids is 1. The van der Waals surface area contributed by atoms with Crippen LogP contribution in [-0.2, 0) is 4.79 Å². The average Bonchev–Trinajstić information content (AvgIpc) is 2.46. The van der Waals surface area contributed by atoms with E-state index in [9.17, 15) is 9.18 Å². The van der Waals surface area contributed by atoms with Crippen LogP contribution in [0.1, 0.15) is 18.5 Å². The maximum Gasteiger partial charge on any atom is 0.262 e. The van der Waals surface area contributed by atoms with Gasteiger partial charge in [0.05, 0.1) is 17.9 Å². The highest BCUT2D eigenvalue weighted by Gasteiger charge is 2.16. The molecule has 108 valence electrons. The molecule has 5 nitrogen and oxygen atoms in total. The standard InChI is InChI=1S/C15H14FN3O2/c1-9(10-4-11(16)7-17-6-10)18-12-2-3-14-13(5-12)19-15(20)8-21-14/h2-7,9,18H,8H2,1H3,(H,19,20). The number of hydrogen-bond donors (Lipinski definition) is 2. The number of nitrogens with zero attached hydrogens (tertiary/aromatic N) is 1. The zero-order chi connectivity index (χ0) is 14.8. The highest BCUT2D eigenvalue weighted by atomic mass is 19.1. The number of benzene rings is 1. The molecule has 1 aliphatic heterocycles. The fourth-order valence-electron chi connectivity index (χ4n) is 2.17. The Bertz CT molecular complexity index is 690. The lowest BCUT2D eigenvalue weighted by Crippen LogP contribution is -2.25. The fourth-order valence-corrected chi connectivity index (χ4v) is 2.17. The van der Waals surface area contributed by atoms with Gasteiger partial charge in [-0.15, -0.1) is 0 Å². The Morgan fingerprint density at radius 2 is 2.24 bits per heavy atom. The number of anilines is 2. The molecule has 21 heavy (non-hydrogen) atoms. The van der Waals surface area contributed by atoms with Gasteiger partial charge in [-0.05, 0) is 36.8 Å². The number of aromatic nitrogens is 1. The normalized spacial score (nSPS) is 14.7. The van der Waals surface area contributed by atoms with Crippen LogP contribution in [-0.4, -0.2) is 17.5 Å². The molecule has 2 N–H and O–H groups in total. The van der Waals surface area contributed by atoms with Crippen LogP contribution in [0.3, 0.4) is 0 Å². The van der Waals surface area contributed by atoms with E-state index < -0.39 is 0 Å². The topological polar surface area (TPSA) is 63.2 Å². The summed E-state index contributed by atoms with van der Waals surface area (Å²) in [4.78, 5) is 15.1. The van der Waals surface area contributed by atoms with Crippen LogP contribution >= 0.6 is 0 Å². The molecule has 0 spiro atoms. The number of halogens is 1. The van der Waals surface area contributed by atoms with Gasteiger partial charge in [-0.2, -0.15) is 0 Å². The Hall–Kier alpha value is -2.63. The van der Waals surface area contributed by atoms with Crippen molar-refractivity contribution in [1.82, 2.24) is 4.98 Å². The van der Waals surface area contributed by atoms with E-state index in [0.717, 1.165) is 11.3 Å². The molecule has 2 heterocycles. The smallest absolute Gasteiger partial charge is 0.262 e. The van der Waals surface area contributed by atoms with Crippen LogP contribution < -0.4 is 15.4 Å². The highest BCUT2D eigenvalue weighted by Crippen LogP contribution is 2.31. The first-order valence-corrected chi connectivity index (χ1v) is 6.55. The molecule has 0 bridgehead atoms. The molecule has 1 amide bonds. The number of nitrogens with one attached hydrogen (secondary N) is 2. The van der Waals surface area contributed by atoms with Crippen molar-refractivity contribution in [3.63, 3.8) is 0 Å². The zero-order valence-electron chi connectivity index (χ0n) is 11.4. The first-order valence-electron chi connectivity index (χ1n) is 6.55. The predicted octanol–water partition coefficient (Wildman–Crippen LogP) is 2.72. The van der Waals surface area contributed by atoms with Crippen LogP contribution in [0.15, 0.2) is 36.7 Å². The lowest BCUT2D eigenvalue weighted by molar-refractivity contribution is -0.118. The van der Waals surface area contributed by atoms with Gasteiger partial charge >= 0.3 is 0 Å². The minimum Gasteiger partial charge on any atom is -0.482 e. The summed E-state index contributed by atoms with van der Waals surface area (Å²) in [6.45, 7) is 1.94. The Balaban J connectivity index is 1.79. The third kappa shape index (κ3) is 2.94. The number of amides is 1. The molecule has 1 aliphatic rings. The summed E-state index contributed by atoms with van der Waals surface area (Å²) < 4.78 is 18.5. The van der Waals surface area contributed by atoms with Gasteiger partial charge in [0.2, 0.25) is 0 Å². The molecule has 0 saturated heterocycles. The Kier molecular flexibility index (Phi) is 3.43. The largest absolute Gasteiger partial charge is 0.482 e. The summed E-state index contributed by atoms with van der Waals surface area (Å²) in [5, 5.41) is 5.98. The van der Waals surface area contributed by atoms with Crippen molar-refractivity contribution in [2.75, 3.05) is 17.2 Å². The van der Waals surface area contributed by atoms with E-state index in [4.69, 9.17) is 4.74 Å². The molecule has 3 rings (SSSR count). The van der Waals surface area contributed by atoms with Gasteiger partial charge < -0.3 is 15.4 Å². The molecule has 0 radical (unpaired) electrons. The van der Waals surface area contributed by atoms with Crippen molar-refractivity contribution >= 4 is 17.3 Å². The Labute approximate surface area is 121 Å². The quantitative estimate of drug-likeness (QED) is 0.911. The minimum absolute atomic E-state index is 0.0329. The van der Waals surface area contributed by atoms with Crippen molar-refractivity contribution in [2.45, 2.75) is 13.0 Å². The van der Waals surface area contributed by atoms with Crippen molar-refractivity contribution in [3.8, 4) is 5.75 Å². The van der Waals surface area contributed by atoms with Gasteiger partial charge in [0.25, 0.3) is 5.91 Å². The van der Waals surface area contributed by atoms with E-state index in [0.29, 0.717) is 11.4 Å². The summed E-state index contributed by atoms with van der Waals surface area (Å²) in [5.74, 6) is 0.0921. The second-order valence-electron chi connectivity index (χ2n) is 4.85. The second-order valence-corrected chi connectivity index (χ2v) is 4.85. The lowest BCUT2D eigenvalue weighted by atomic mass is 10.1.